The van der Waals surface area contributed by atoms with E-state index in [1.54, 1.807) is 4.90 Å². The van der Waals surface area contributed by atoms with E-state index in [0.29, 0.717) is 24.4 Å². The maximum absolute atomic E-state index is 14.2. The predicted molar refractivity (Wildman–Crippen MR) is 142 cm³/mol. The van der Waals surface area contributed by atoms with E-state index in [1.807, 2.05) is 33.9 Å². The fraction of sp³-hybridized carbons (Fsp3) is 0.741. The number of rotatable bonds is 10. The molecule has 1 amide bonds. The first-order valence-corrected chi connectivity index (χ1v) is 16.8. The van der Waals surface area contributed by atoms with E-state index in [-0.39, 0.29) is 24.7 Å². The minimum atomic E-state index is -1.17. The number of carbonyl (C=O) groups excluding carboxylic acids is 1. The van der Waals surface area contributed by atoms with Gasteiger partial charge in [-0.15, -0.1) is 0 Å². The van der Waals surface area contributed by atoms with Crippen LogP contribution < -0.4 is 9.64 Å². The van der Waals surface area contributed by atoms with E-state index in [9.17, 15) is 9.18 Å². The smallest absolute Gasteiger partial charge is 0.410 e. The summed E-state index contributed by atoms with van der Waals surface area (Å²) in [6, 6.07) is 6.89. The average Bonchev–Trinajstić information content (AvgIpc) is 3.58. The molecule has 1 aromatic carbocycles. The van der Waals surface area contributed by atoms with Crippen molar-refractivity contribution >= 4 is 19.9 Å². The molecule has 0 bridgehead atoms. The summed E-state index contributed by atoms with van der Waals surface area (Å²) in [7, 11) is 0.671. The lowest BCUT2D eigenvalue weighted by atomic mass is 9.89. The van der Waals surface area contributed by atoms with Gasteiger partial charge in [0.05, 0.1) is 5.69 Å². The number of carbonyl (C=O) groups is 1. The lowest BCUT2D eigenvalue weighted by Gasteiger charge is -2.41. The third-order valence-electron chi connectivity index (χ3n) is 6.72. The van der Waals surface area contributed by atoms with Gasteiger partial charge in [-0.05, 0) is 77.5 Å². The van der Waals surface area contributed by atoms with Gasteiger partial charge in [0.15, 0.2) is 6.79 Å². The molecule has 0 aliphatic heterocycles. The van der Waals surface area contributed by atoms with Crippen molar-refractivity contribution in [2.75, 3.05) is 25.3 Å². The number of anilines is 1. The Bertz CT molecular complexity index is 843. The van der Waals surface area contributed by atoms with Crippen molar-refractivity contribution in [1.29, 1.82) is 0 Å². The van der Waals surface area contributed by atoms with Crippen LogP contribution in [-0.2, 0) is 9.47 Å². The minimum absolute atomic E-state index is 0.132. The van der Waals surface area contributed by atoms with Crippen LogP contribution in [-0.4, -0.2) is 63.2 Å². The summed E-state index contributed by atoms with van der Waals surface area (Å²) >= 11 is 0. The van der Waals surface area contributed by atoms with E-state index >= 15 is 0 Å². The predicted octanol–water partition coefficient (Wildman–Crippen LogP) is 6.66. The number of hydrogen-bond acceptors (Lipinski definition) is 5. The number of nitrogens with zero attached hydrogens (tertiary/aromatic N) is 2. The molecule has 0 unspecified atom stereocenters. The molecular formula is C27H45FN2O4Si. The Morgan fingerprint density at radius 2 is 1.60 bits per heavy atom. The van der Waals surface area contributed by atoms with Crippen molar-refractivity contribution < 1.29 is 23.4 Å². The molecule has 0 radical (unpaired) electrons. The first-order chi connectivity index (χ1) is 16.3. The van der Waals surface area contributed by atoms with Gasteiger partial charge in [-0.25, -0.2) is 9.18 Å². The second-order valence-electron chi connectivity index (χ2n) is 12.3. The van der Waals surface area contributed by atoms with Crippen molar-refractivity contribution in [3.63, 3.8) is 0 Å². The molecule has 0 N–H and O–H groups in total. The van der Waals surface area contributed by atoms with Crippen LogP contribution in [0.25, 0.3) is 0 Å². The SMILES string of the molecule is CN(C(=O)OC(C)(C)C)C1CCC(N(c2ccc(F)cc2OCOCC[Si](C)(C)C)C2CC2)CC1. The quantitative estimate of drug-likeness (QED) is 0.201. The van der Waals surface area contributed by atoms with Gasteiger partial charge in [0.1, 0.15) is 17.2 Å². The van der Waals surface area contributed by atoms with Crippen LogP contribution in [0.1, 0.15) is 59.3 Å². The molecule has 2 fully saturated rings. The number of amides is 1. The monoisotopic (exact) mass is 508 g/mol. The number of halogens is 1. The summed E-state index contributed by atoms with van der Waals surface area (Å²) < 4.78 is 31.4. The highest BCUT2D eigenvalue weighted by molar-refractivity contribution is 6.76. The Labute approximate surface area is 212 Å². The summed E-state index contributed by atoms with van der Waals surface area (Å²) in [6.45, 7) is 13.4. The van der Waals surface area contributed by atoms with Crippen LogP contribution in [0.5, 0.6) is 5.75 Å². The van der Waals surface area contributed by atoms with E-state index in [1.165, 1.54) is 12.1 Å². The molecule has 0 aromatic heterocycles. The highest BCUT2D eigenvalue weighted by Crippen LogP contribution is 2.42. The van der Waals surface area contributed by atoms with Gasteiger partial charge >= 0.3 is 6.09 Å². The van der Waals surface area contributed by atoms with Crippen molar-refractivity contribution in [3.05, 3.63) is 24.0 Å². The highest BCUT2D eigenvalue weighted by Gasteiger charge is 2.38. The number of hydrogen-bond donors (Lipinski definition) is 0. The van der Waals surface area contributed by atoms with Crippen LogP contribution in [0.4, 0.5) is 14.9 Å². The van der Waals surface area contributed by atoms with Crippen LogP contribution >= 0.6 is 0 Å². The summed E-state index contributed by atoms with van der Waals surface area (Å²) in [5, 5.41) is 0. The van der Waals surface area contributed by atoms with E-state index < -0.39 is 13.7 Å². The molecule has 6 nitrogen and oxygen atoms in total. The fourth-order valence-corrected chi connectivity index (χ4v) is 5.37. The topological polar surface area (TPSA) is 51.2 Å². The molecule has 0 saturated heterocycles. The van der Waals surface area contributed by atoms with Crippen LogP contribution in [0.3, 0.4) is 0 Å². The standard InChI is InChI=1S/C27H45FN2O4Si/c1-27(2,3)34-26(31)29(4)21-9-11-22(12-10-21)30(23-13-14-23)24-15-8-20(28)18-25(24)33-19-32-16-17-35(5,6)7/h8,15,18,21-23H,9-14,16-17,19H2,1-7H3. The summed E-state index contributed by atoms with van der Waals surface area (Å²) in [6.07, 6.45) is 5.79. The van der Waals surface area contributed by atoms with Gasteiger partial charge in [0.2, 0.25) is 0 Å². The van der Waals surface area contributed by atoms with Crippen molar-refractivity contribution in [2.45, 2.75) is 109 Å². The molecular weight excluding hydrogens is 463 g/mol. The lowest BCUT2D eigenvalue weighted by Crippen LogP contribution is -2.46. The zero-order valence-electron chi connectivity index (χ0n) is 22.7. The third-order valence-corrected chi connectivity index (χ3v) is 8.43. The van der Waals surface area contributed by atoms with Gasteiger partial charge in [-0.2, -0.15) is 0 Å². The fourth-order valence-electron chi connectivity index (χ4n) is 4.61. The molecule has 2 saturated carbocycles. The minimum Gasteiger partial charge on any atom is -0.465 e. The van der Waals surface area contributed by atoms with Gasteiger partial charge in [-0.1, -0.05) is 19.6 Å². The third kappa shape index (κ3) is 8.67. The molecule has 35 heavy (non-hydrogen) atoms. The molecule has 0 heterocycles. The van der Waals surface area contributed by atoms with Crippen LogP contribution in [0.2, 0.25) is 25.7 Å². The molecule has 1 aromatic rings. The molecule has 198 valence electrons. The molecule has 2 aliphatic carbocycles. The van der Waals surface area contributed by atoms with Crippen LogP contribution in [0.15, 0.2) is 18.2 Å². The highest BCUT2D eigenvalue weighted by atomic mass is 28.3. The Morgan fingerprint density at radius 1 is 1.03 bits per heavy atom. The van der Waals surface area contributed by atoms with Crippen molar-refractivity contribution in [1.82, 2.24) is 4.90 Å². The first kappa shape index (κ1) is 27.8. The Hall–Kier alpha value is -1.80. The molecule has 0 atom stereocenters. The van der Waals surface area contributed by atoms with Gasteiger partial charge < -0.3 is 24.0 Å². The van der Waals surface area contributed by atoms with E-state index in [4.69, 9.17) is 14.2 Å². The Balaban J connectivity index is 1.63. The molecule has 2 aliphatic rings. The summed E-state index contributed by atoms with van der Waals surface area (Å²) in [5.41, 5.74) is 0.453. The molecule has 8 heteroatoms. The maximum atomic E-state index is 14.2. The van der Waals surface area contributed by atoms with Gasteiger partial charge in [0, 0.05) is 45.9 Å². The maximum Gasteiger partial charge on any atom is 0.410 e. The van der Waals surface area contributed by atoms with Crippen LogP contribution in [0, 0.1) is 5.82 Å². The summed E-state index contributed by atoms with van der Waals surface area (Å²) in [5.74, 6) is 0.252. The van der Waals surface area contributed by atoms with E-state index in [0.717, 1.165) is 50.3 Å². The normalized spacial score (nSPS) is 20.9. The average molecular weight is 509 g/mol. The Kier molecular flexibility index (Phi) is 9.13. The second kappa shape index (κ2) is 11.5. The zero-order chi connectivity index (χ0) is 25.8. The van der Waals surface area contributed by atoms with Gasteiger partial charge in [0.25, 0.3) is 0 Å². The number of ether oxygens (including phenoxy) is 3. The Morgan fingerprint density at radius 3 is 2.14 bits per heavy atom. The molecule has 0 spiro atoms. The van der Waals surface area contributed by atoms with Crippen molar-refractivity contribution in [2.24, 2.45) is 0 Å². The lowest BCUT2D eigenvalue weighted by molar-refractivity contribution is 0.0182. The van der Waals surface area contributed by atoms with Crippen molar-refractivity contribution in [3.8, 4) is 5.75 Å². The van der Waals surface area contributed by atoms with Gasteiger partial charge in [-0.3, -0.25) is 0 Å². The zero-order valence-corrected chi connectivity index (χ0v) is 23.7. The number of benzene rings is 1. The summed E-state index contributed by atoms with van der Waals surface area (Å²) in [4.78, 5) is 16.7. The second-order valence-corrected chi connectivity index (χ2v) is 17.9. The first-order valence-electron chi connectivity index (χ1n) is 13.1. The molecule has 3 rings (SSSR count). The van der Waals surface area contributed by atoms with E-state index in [2.05, 4.69) is 24.5 Å². The largest absolute Gasteiger partial charge is 0.465 e.